The van der Waals surface area contributed by atoms with Gasteiger partial charge in [0.1, 0.15) is 17.1 Å². The molecule has 3 aliphatic heterocycles. The fourth-order valence-electron chi connectivity index (χ4n) is 4.25. The van der Waals surface area contributed by atoms with E-state index in [1.807, 2.05) is 0 Å². The highest BCUT2D eigenvalue weighted by Crippen LogP contribution is 2.40. The number of carbonyl (C=O) groups excluding carboxylic acids is 4. The van der Waals surface area contributed by atoms with Crippen LogP contribution in [0.3, 0.4) is 0 Å². The number of amides is 3. The van der Waals surface area contributed by atoms with Crippen LogP contribution in [-0.2, 0) is 30.6 Å². The van der Waals surface area contributed by atoms with Crippen LogP contribution in [0.15, 0.2) is 46.3 Å². The molecule has 0 saturated carbocycles. The summed E-state index contributed by atoms with van der Waals surface area (Å²) >= 11 is 2.38. The number of rotatable bonds is 8. The highest BCUT2D eigenvalue weighted by atomic mass is 32.2. The van der Waals surface area contributed by atoms with Gasteiger partial charge in [-0.1, -0.05) is 5.16 Å². The van der Waals surface area contributed by atoms with Crippen molar-refractivity contribution in [2.24, 2.45) is 5.16 Å². The molecule has 2 saturated heterocycles. The number of oxime groups is 1. The quantitative estimate of drug-likeness (QED) is 0.114. The predicted octanol–water partition coefficient (Wildman–Crippen LogP) is -2.69. The number of aromatic nitrogens is 2. The second-order valence-corrected chi connectivity index (χ2v) is 10.6. The van der Waals surface area contributed by atoms with Crippen molar-refractivity contribution >= 4 is 63.3 Å². The van der Waals surface area contributed by atoms with Crippen LogP contribution in [-0.4, -0.2) is 69.1 Å². The van der Waals surface area contributed by atoms with Crippen molar-refractivity contribution in [2.45, 2.75) is 30.5 Å². The van der Waals surface area contributed by atoms with E-state index in [1.54, 1.807) is 29.1 Å². The van der Waals surface area contributed by atoms with Gasteiger partial charge in [-0.15, -0.1) is 23.1 Å². The number of thioether (sulfide) groups is 1. The van der Waals surface area contributed by atoms with Crippen molar-refractivity contribution < 1.29 is 33.7 Å². The van der Waals surface area contributed by atoms with Crippen LogP contribution in [0.1, 0.15) is 12.1 Å². The van der Waals surface area contributed by atoms with E-state index >= 15 is 0 Å². The maximum absolute atomic E-state index is 13.2. The Labute approximate surface area is 223 Å². The highest BCUT2D eigenvalue weighted by molar-refractivity contribution is 8.00. The first kappa shape index (κ1) is 25.5. The molecule has 198 valence electrons. The molecule has 5 rings (SSSR count). The number of hydrogen-bond donors (Lipinski definition) is 4. The largest absolute Gasteiger partial charge is 0.543 e. The SMILES string of the molecule is Nc1ccc[n+](CC2=C(C(=O)[O-])N3C(=O)[C@@H](NC(=O)/C(=N\O[C@H]4CCNC4=O)c4csc(N)n4)[C@@H]3SC2)c1. The normalized spacial score (nSPS) is 23.0. The summed E-state index contributed by atoms with van der Waals surface area (Å²) in [6.07, 6.45) is 2.90. The molecule has 6 N–H and O–H groups in total. The molecule has 38 heavy (non-hydrogen) atoms. The lowest BCUT2D eigenvalue weighted by Gasteiger charge is -2.50. The summed E-state index contributed by atoms with van der Waals surface area (Å²) in [7, 11) is 0. The summed E-state index contributed by atoms with van der Waals surface area (Å²) in [5, 5.41) is 22.1. The number of pyridine rings is 1. The fraction of sp³-hybridized carbons (Fsp3) is 0.318. The van der Waals surface area contributed by atoms with Crippen LogP contribution < -0.4 is 31.8 Å². The molecule has 3 aliphatic rings. The molecule has 2 fully saturated rings. The summed E-state index contributed by atoms with van der Waals surface area (Å²) in [5.74, 6) is -2.96. The first-order chi connectivity index (χ1) is 18.2. The van der Waals surface area contributed by atoms with Crippen molar-refractivity contribution in [3.05, 3.63) is 46.9 Å². The minimum Gasteiger partial charge on any atom is -0.543 e. The number of nitrogens with zero attached hydrogens (tertiary/aromatic N) is 4. The molecule has 3 amide bonds. The van der Waals surface area contributed by atoms with Gasteiger partial charge < -0.3 is 36.8 Å². The van der Waals surface area contributed by atoms with Crippen molar-refractivity contribution in [3.63, 3.8) is 0 Å². The molecule has 5 heterocycles. The lowest BCUT2D eigenvalue weighted by molar-refractivity contribution is -0.688. The molecule has 0 radical (unpaired) electrons. The van der Waals surface area contributed by atoms with Crippen molar-refractivity contribution in [2.75, 3.05) is 23.8 Å². The van der Waals surface area contributed by atoms with E-state index < -0.39 is 35.3 Å². The van der Waals surface area contributed by atoms with Gasteiger partial charge in [0.15, 0.2) is 29.8 Å². The molecular formula is C22H22N8O6S2. The van der Waals surface area contributed by atoms with Crippen molar-refractivity contribution in [1.82, 2.24) is 20.5 Å². The summed E-state index contributed by atoms with van der Waals surface area (Å²) in [6.45, 7) is 0.616. The van der Waals surface area contributed by atoms with Gasteiger partial charge in [-0.2, -0.15) is 4.57 Å². The number of hydrogen-bond acceptors (Lipinski definition) is 12. The Morgan fingerprint density at radius 3 is 2.84 bits per heavy atom. The molecule has 0 spiro atoms. The van der Waals surface area contributed by atoms with Crippen LogP contribution >= 0.6 is 23.1 Å². The Hall–Kier alpha value is -4.18. The minimum atomic E-state index is -1.49. The maximum Gasteiger partial charge on any atom is 0.276 e. The number of β-lactam (4-membered cyclic amide) rings is 1. The van der Waals surface area contributed by atoms with Crippen LogP contribution in [0.4, 0.5) is 10.8 Å². The minimum absolute atomic E-state index is 0.111. The number of carbonyl (C=O) groups is 4. The molecule has 2 aromatic rings. The Balaban J connectivity index is 1.34. The first-order valence-electron chi connectivity index (χ1n) is 11.4. The standard InChI is InChI=1S/C22H22N8O6S2/c23-11-2-1-5-29(7-11)6-10-8-37-20-15(19(33)30(20)16(10)21(34)35)27-18(32)14(12-9-38-22(24)26-12)28-36-13-3-4-25-17(13)31/h1-2,5,7,9,13,15,20H,3-4,6,8,23H2,(H4-,24,25,26,27,31,32,34,35)/b28-14-/t13-,15+,20-/m0/s1. The number of nitrogens with two attached hydrogens (primary N) is 2. The van der Waals surface area contributed by atoms with Gasteiger partial charge >= 0.3 is 0 Å². The molecule has 14 nitrogen and oxygen atoms in total. The van der Waals surface area contributed by atoms with E-state index in [0.29, 0.717) is 24.2 Å². The Morgan fingerprint density at radius 2 is 2.18 bits per heavy atom. The third-order valence-corrected chi connectivity index (χ3v) is 8.04. The summed E-state index contributed by atoms with van der Waals surface area (Å²) in [5.41, 5.74) is 12.1. The van der Waals surface area contributed by atoms with E-state index in [-0.39, 0.29) is 40.4 Å². The van der Waals surface area contributed by atoms with Gasteiger partial charge in [0.25, 0.3) is 17.7 Å². The van der Waals surface area contributed by atoms with Gasteiger partial charge in [0.05, 0.1) is 17.4 Å². The average molecular weight is 559 g/mol. The molecule has 0 unspecified atom stereocenters. The molecule has 2 aromatic heterocycles. The topological polar surface area (TPSA) is 209 Å². The molecule has 3 atom stereocenters. The maximum atomic E-state index is 13.2. The number of anilines is 2. The zero-order valence-corrected chi connectivity index (χ0v) is 21.3. The first-order valence-corrected chi connectivity index (χ1v) is 13.3. The molecule has 0 aliphatic carbocycles. The van der Waals surface area contributed by atoms with E-state index in [9.17, 15) is 24.3 Å². The summed E-state index contributed by atoms with van der Waals surface area (Å²) < 4.78 is 1.71. The second-order valence-electron chi connectivity index (χ2n) is 8.59. The Bertz CT molecular complexity index is 1390. The van der Waals surface area contributed by atoms with E-state index in [4.69, 9.17) is 16.3 Å². The Kier molecular flexibility index (Phi) is 6.90. The lowest BCUT2D eigenvalue weighted by Crippen LogP contribution is -2.71. The number of thiazole rings is 1. The van der Waals surface area contributed by atoms with Crippen molar-refractivity contribution in [1.29, 1.82) is 0 Å². The fourth-order valence-corrected chi connectivity index (χ4v) is 6.14. The predicted molar refractivity (Wildman–Crippen MR) is 134 cm³/mol. The number of carboxylic acid groups (broad SMARTS) is 1. The van der Waals surface area contributed by atoms with Gasteiger partial charge in [-0.05, 0) is 6.07 Å². The third kappa shape index (κ3) is 4.87. The number of carboxylic acids is 1. The van der Waals surface area contributed by atoms with E-state index in [0.717, 1.165) is 16.2 Å². The van der Waals surface area contributed by atoms with Gasteiger partial charge in [-0.25, -0.2) is 4.98 Å². The van der Waals surface area contributed by atoms with Crippen LogP contribution in [0, 0.1) is 0 Å². The van der Waals surface area contributed by atoms with Crippen LogP contribution in [0.2, 0.25) is 0 Å². The highest BCUT2D eigenvalue weighted by Gasteiger charge is 2.53. The Morgan fingerprint density at radius 1 is 1.37 bits per heavy atom. The number of nitrogens with one attached hydrogen (secondary N) is 2. The zero-order chi connectivity index (χ0) is 27.0. The third-order valence-electron chi connectivity index (χ3n) is 6.03. The van der Waals surface area contributed by atoms with Gasteiger partial charge in [-0.3, -0.25) is 19.3 Å². The number of aliphatic carboxylic acids is 1. The van der Waals surface area contributed by atoms with Crippen LogP contribution in [0.25, 0.3) is 0 Å². The average Bonchev–Trinajstić information content (AvgIpc) is 3.50. The second kappa shape index (κ2) is 10.3. The summed E-state index contributed by atoms with van der Waals surface area (Å²) in [4.78, 5) is 60.6. The number of fused-ring (bicyclic) bond motifs is 1. The monoisotopic (exact) mass is 558 g/mol. The summed E-state index contributed by atoms with van der Waals surface area (Å²) in [6, 6.07) is 2.40. The van der Waals surface area contributed by atoms with Gasteiger partial charge in [0.2, 0.25) is 6.10 Å². The lowest BCUT2D eigenvalue weighted by atomic mass is 10.0. The molecule has 16 heteroatoms. The van der Waals surface area contributed by atoms with Crippen LogP contribution in [0.5, 0.6) is 0 Å². The number of nitrogen functional groups attached to an aromatic ring is 2. The molecule has 0 bridgehead atoms. The van der Waals surface area contributed by atoms with E-state index in [2.05, 4.69) is 20.8 Å². The van der Waals surface area contributed by atoms with Gasteiger partial charge in [0, 0.05) is 35.7 Å². The van der Waals surface area contributed by atoms with E-state index in [1.165, 1.54) is 17.1 Å². The smallest absolute Gasteiger partial charge is 0.276 e. The van der Waals surface area contributed by atoms with Crippen molar-refractivity contribution in [3.8, 4) is 0 Å². The molecular weight excluding hydrogens is 536 g/mol. The molecule has 0 aromatic carbocycles. The zero-order valence-electron chi connectivity index (χ0n) is 19.7.